The van der Waals surface area contributed by atoms with Gasteiger partial charge in [0.2, 0.25) is 17.6 Å². The van der Waals surface area contributed by atoms with Gasteiger partial charge in [-0.3, -0.25) is 9.59 Å². The van der Waals surface area contributed by atoms with Gasteiger partial charge in [-0.1, -0.05) is 0 Å². The Morgan fingerprint density at radius 3 is 2.45 bits per heavy atom. The fraction of sp³-hybridized carbons (Fsp3) is 0.615. The first-order chi connectivity index (χ1) is 9.40. The molecule has 1 rings (SSSR count). The van der Waals surface area contributed by atoms with E-state index in [1.165, 1.54) is 13.0 Å². The van der Waals surface area contributed by atoms with Gasteiger partial charge < -0.3 is 20.1 Å². The second kappa shape index (κ2) is 6.93. The fourth-order valence-corrected chi connectivity index (χ4v) is 2.13. The van der Waals surface area contributed by atoms with Crippen LogP contribution in [0.3, 0.4) is 0 Å². The second-order valence-corrected chi connectivity index (χ2v) is 4.49. The van der Waals surface area contributed by atoms with Gasteiger partial charge in [0.05, 0.1) is 12.0 Å². The Kier molecular flexibility index (Phi) is 5.54. The molecule has 2 N–H and O–H groups in total. The van der Waals surface area contributed by atoms with Gasteiger partial charge in [-0.2, -0.15) is 0 Å². The lowest BCUT2D eigenvalue weighted by Crippen LogP contribution is -2.51. The van der Waals surface area contributed by atoms with Crippen molar-refractivity contribution >= 4 is 17.8 Å². The predicted octanol–water partition coefficient (Wildman–Crippen LogP) is -0.0256. The van der Waals surface area contributed by atoms with E-state index in [2.05, 4.69) is 5.32 Å². The minimum atomic E-state index is -1.22. The smallest absolute Gasteiger partial charge is 0.370 e. The van der Waals surface area contributed by atoms with E-state index in [0.29, 0.717) is 13.1 Å². The van der Waals surface area contributed by atoms with Gasteiger partial charge in [-0.25, -0.2) is 4.79 Å². The molecule has 0 aromatic rings. The van der Waals surface area contributed by atoms with Gasteiger partial charge in [-0.15, -0.1) is 0 Å². The van der Waals surface area contributed by atoms with Gasteiger partial charge in [0.15, 0.2) is 0 Å². The van der Waals surface area contributed by atoms with Crippen LogP contribution in [0.1, 0.15) is 20.8 Å². The van der Waals surface area contributed by atoms with Gasteiger partial charge >= 0.3 is 5.97 Å². The van der Waals surface area contributed by atoms with Crippen LogP contribution in [0, 0.1) is 5.92 Å². The Hall–Kier alpha value is -2.05. The number of aliphatic carboxylic acids is 1. The van der Waals surface area contributed by atoms with E-state index in [-0.39, 0.29) is 24.2 Å². The molecule has 0 saturated carbocycles. The summed E-state index contributed by atoms with van der Waals surface area (Å²) in [6.07, 6.45) is 1.27. The zero-order chi connectivity index (χ0) is 15.3. The average molecular weight is 284 g/mol. The summed E-state index contributed by atoms with van der Waals surface area (Å²) in [4.78, 5) is 36.1. The molecule has 0 spiro atoms. The SMILES string of the molecule is CCN(CC)C(=O)[C@@H]1C=C(C(=O)O)OC[C@H]1NC(C)=O. The van der Waals surface area contributed by atoms with Crippen LogP contribution in [0.5, 0.6) is 0 Å². The van der Waals surface area contributed by atoms with E-state index in [1.807, 2.05) is 13.8 Å². The maximum Gasteiger partial charge on any atom is 0.370 e. The number of hydrogen-bond acceptors (Lipinski definition) is 4. The molecule has 20 heavy (non-hydrogen) atoms. The monoisotopic (exact) mass is 284 g/mol. The highest BCUT2D eigenvalue weighted by Gasteiger charge is 2.35. The van der Waals surface area contributed by atoms with Crippen molar-refractivity contribution in [2.24, 2.45) is 5.92 Å². The standard InChI is InChI=1S/C13H20N2O5/c1-4-15(5-2)12(17)9-6-11(13(18)19)20-7-10(9)14-8(3)16/h6,9-10H,4-5,7H2,1-3H3,(H,14,16)(H,18,19)/t9-,10-/m1/s1. The number of rotatable bonds is 5. The summed E-state index contributed by atoms with van der Waals surface area (Å²) >= 11 is 0. The first-order valence-corrected chi connectivity index (χ1v) is 6.54. The number of amides is 2. The molecule has 1 heterocycles. The molecule has 0 unspecified atom stereocenters. The molecule has 1 aliphatic rings. The van der Waals surface area contributed by atoms with E-state index in [4.69, 9.17) is 9.84 Å². The normalized spacial score (nSPS) is 21.4. The van der Waals surface area contributed by atoms with E-state index >= 15 is 0 Å². The van der Waals surface area contributed by atoms with Crippen molar-refractivity contribution in [3.8, 4) is 0 Å². The van der Waals surface area contributed by atoms with E-state index in [0.717, 1.165) is 0 Å². The van der Waals surface area contributed by atoms with Crippen LogP contribution in [0.15, 0.2) is 11.8 Å². The van der Waals surface area contributed by atoms with E-state index < -0.39 is 17.9 Å². The van der Waals surface area contributed by atoms with Crippen molar-refractivity contribution in [2.75, 3.05) is 19.7 Å². The van der Waals surface area contributed by atoms with Crippen LogP contribution < -0.4 is 5.32 Å². The molecule has 0 bridgehead atoms. The highest BCUT2D eigenvalue weighted by atomic mass is 16.5. The lowest BCUT2D eigenvalue weighted by molar-refractivity contribution is -0.139. The van der Waals surface area contributed by atoms with Crippen LogP contribution in [-0.2, 0) is 19.1 Å². The minimum absolute atomic E-state index is 0.0324. The van der Waals surface area contributed by atoms with Crippen LogP contribution >= 0.6 is 0 Å². The summed E-state index contributed by atoms with van der Waals surface area (Å²) in [5, 5.41) is 11.6. The Bertz CT molecular complexity index is 428. The molecule has 0 saturated heterocycles. The number of hydrogen-bond donors (Lipinski definition) is 2. The van der Waals surface area contributed by atoms with Gasteiger partial charge in [0, 0.05) is 20.0 Å². The third kappa shape index (κ3) is 3.72. The Labute approximate surface area is 117 Å². The molecule has 7 heteroatoms. The van der Waals surface area contributed by atoms with Crippen molar-refractivity contribution < 1.29 is 24.2 Å². The number of carbonyl (C=O) groups is 3. The molecule has 0 fully saturated rings. The van der Waals surface area contributed by atoms with E-state index in [9.17, 15) is 14.4 Å². The molecule has 0 aromatic carbocycles. The first-order valence-electron chi connectivity index (χ1n) is 6.54. The molecule has 2 atom stereocenters. The maximum absolute atomic E-state index is 12.4. The molecule has 7 nitrogen and oxygen atoms in total. The summed E-state index contributed by atoms with van der Waals surface area (Å²) in [6, 6.07) is -0.552. The molecule has 112 valence electrons. The van der Waals surface area contributed by atoms with Crippen LogP contribution in [0.4, 0.5) is 0 Å². The summed E-state index contributed by atoms with van der Waals surface area (Å²) in [5.41, 5.74) is 0. The Morgan fingerprint density at radius 2 is 2.00 bits per heavy atom. The van der Waals surface area contributed by atoms with Crippen LogP contribution in [0.2, 0.25) is 0 Å². The number of carboxylic acid groups (broad SMARTS) is 1. The molecule has 2 amide bonds. The second-order valence-electron chi connectivity index (χ2n) is 4.49. The molecular weight excluding hydrogens is 264 g/mol. The quantitative estimate of drug-likeness (QED) is 0.739. The third-order valence-corrected chi connectivity index (χ3v) is 3.14. The van der Waals surface area contributed by atoms with Gasteiger partial charge in [0.25, 0.3) is 0 Å². The van der Waals surface area contributed by atoms with Crippen molar-refractivity contribution in [3.63, 3.8) is 0 Å². The number of nitrogens with zero attached hydrogens (tertiary/aromatic N) is 1. The topological polar surface area (TPSA) is 95.9 Å². The van der Waals surface area contributed by atoms with Gasteiger partial charge in [-0.05, 0) is 19.9 Å². The number of carboxylic acids is 1. The molecule has 0 aromatic heterocycles. The minimum Gasteiger partial charge on any atom is -0.485 e. The lowest BCUT2D eigenvalue weighted by atomic mass is 9.95. The highest BCUT2D eigenvalue weighted by molar-refractivity contribution is 5.88. The Balaban J connectivity index is 3.02. The van der Waals surface area contributed by atoms with Crippen LogP contribution in [-0.4, -0.2) is 53.5 Å². The van der Waals surface area contributed by atoms with Crippen molar-refractivity contribution in [2.45, 2.75) is 26.8 Å². The molecule has 0 aliphatic carbocycles. The predicted molar refractivity (Wildman–Crippen MR) is 70.7 cm³/mol. The molecular formula is C13H20N2O5. The summed E-state index contributed by atoms with van der Waals surface area (Å²) in [5.74, 6) is -2.70. The zero-order valence-electron chi connectivity index (χ0n) is 11.9. The highest BCUT2D eigenvalue weighted by Crippen LogP contribution is 2.20. The van der Waals surface area contributed by atoms with E-state index in [1.54, 1.807) is 4.90 Å². The zero-order valence-corrected chi connectivity index (χ0v) is 11.9. The maximum atomic E-state index is 12.4. The number of carbonyl (C=O) groups excluding carboxylic acids is 2. The summed E-state index contributed by atoms with van der Waals surface area (Å²) in [6.45, 7) is 6.04. The third-order valence-electron chi connectivity index (χ3n) is 3.14. The van der Waals surface area contributed by atoms with Gasteiger partial charge in [0.1, 0.15) is 6.61 Å². The average Bonchev–Trinajstić information content (AvgIpc) is 2.39. The molecule has 0 radical (unpaired) electrons. The van der Waals surface area contributed by atoms with Crippen molar-refractivity contribution in [1.29, 1.82) is 0 Å². The number of nitrogens with one attached hydrogen (secondary N) is 1. The molecule has 1 aliphatic heterocycles. The van der Waals surface area contributed by atoms with Crippen molar-refractivity contribution in [1.82, 2.24) is 10.2 Å². The summed E-state index contributed by atoms with van der Waals surface area (Å²) < 4.78 is 5.06. The Morgan fingerprint density at radius 1 is 1.40 bits per heavy atom. The van der Waals surface area contributed by atoms with Crippen molar-refractivity contribution in [3.05, 3.63) is 11.8 Å². The lowest BCUT2D eigenvalue weighted by Gasteiger charge is -2.32. The fourth-order valence-electron chi connectivity index (χ4n) is 2.13. The number of ether oxygens (including phenoxy) is 1. The largest absolute Gasteiger partial charge is 0.485 e. The van der Waals surface area contributed by atoms with Crippen LogP contribution in [0.25, 0.3) is 0 Å². The summed E-state index contributed by atoms with van der Waals surface area (Å²) in [7, 11) is 0. The first kappa shape index (κ1) is 16.0.